The Morgan fingerprint density at radius 1 is 0.971 bits per heavy atom. The van der Waals surface area contributed by atoms with Gasteiger partial charge in [0.1, 0.15) is 11.4 Å². The summed E-state index contributed by atoms with van der Waals surface area (Å²) in [6, 6.07) is 5.31. The minimum Gasteiger partial charge on any atom is -0.481 e. The van der Waals surface area contributed by atoms with Crippen LogP contribution in [0.25, 0.3) is 0 Å². The van der Waals surface area contributed by atoms with Gasteiger partial charge in [0, 0.05) is 23.5 Å². The smallest absolute Gasteiger partial charge is 0.305 e. The van der Waals surface area contributed by atoms with Crippen molar-refractivity contribution in [2.24, 2.45) is 0 Å². The standard InChI is InChI=1S/C23H22Cl2N4O5/c1-23(2,3)29-19-18(20(32)21(19)33)27-15(8-16(30)31)11-4-6-12(7-5-11)22(34)28-17-13(24)9-26-10-14(17)25/h4-7,9-10,15,27,29H,8H2,1-3H3,(H,30,31)(H,26,28,34). The van der Waals surface area contributed by atoms with Crippen molar-refractivity contribution in [3.63, 3.8) is 0 Å². The SMILES string of the molecule is CC(C)(C)Nc1c(NC(CC(=O)O)c2ccc(C(=O)Nc3c(Cl)cncc3Cl)cc2)c(=O)c1=O. The van der Waals surface area contributed by atoms with E-state index in [1.165, 1.54) is 24.5 Å². The first-order valence-corrected chi connectivity index (χ1v) is 10.9. The van der Waals surface area contributed by atoms with Crippen LogP contribution in [-0.2, 0) is 4.79 Å². The largest absolute Gasteiger partial charge is 0.481 e. The highest BCUT2D eigenvalue weighted by Gasteiger charge is 2.27. The highest BCUT2D eigenvalue weighted by molar-refractivity contribution is 6.39. The molecule has 11 heteroatoms. The summed E-state index contributed by atoms with van der Waals surface area (Å²) < 4.78 is 0. The van der Waals surface area contributed by atoms with Crippen LogP contribution in [0.2, 0.25) is 10.0 Å². The molecule has 0 aliphatic carbocycles. The highest BCUT2D eigenvalue weighted by Crippen LogP contribution is 2.30. The van der Waals surface area contributed by atoms with Crippen molar-refractivity contribution in [1.29, 1.82) is 0 Å². The number of anilines is 3. The second-order valence-corrected chi connectivity index (χ2v) is 9.45. The zero-order chi connectivity index (χ0) is 25.2. The number of carbonyl (C=O) groups excluding carboxylic acids is 1. The molecule has 34 heavy (non-hydrogen) atoms. The number of pyridine rings is 1. The number of aromatic nitrogens is 1. The van der Waals surface area contributed by atoms with Crippen LogP contribution >= 0.6 is 23.2 Å². The highest BCUT2D eigenvalue weighted by atomic mass is 35.5. The number of halogens is 2. The van der Waals surface area contributed by atoms with Gasteiger partial charge in [0.25, 0.3) is 16.8 Å². The van der Waals surface area contributed by atoms with Crippen molar-refractivity contribution in [3.8, 4) is 0 Å². The summed E-state index contributed by atoms with van der Waals surface area (Å²) in [5.41, 5.74) is -0.700. The Kier molecular flexibility index (Phi) is 7.28. The first-order valence-electron chi connectivity index (χ1n) is 10.2. The molecule has 0 aliphatic rings. The van der Waals surface area contributed by atoms with E-state index in [4.69, 9.17) is 23.2 Å². The topological polar surface area (TPSA) is 137 Å². The molecule has 0 radical (unpaired) electrons. The Labute approximate surface area is 204 Å². The molecule has 1 heterocycles. The maximum Gasteiger partial charge on any atom is 0.305 e. The lowest BCUT2D eigenvalue weighted by Gasteiger charge is -2.27. The Hall–Kier alpha value is -3.43. The molecule has 0 saturated heterocycles. The number of benzene rings is 1. The second kappa shape index (κ2) is 9.82. The number of hydrogen-bond acceptors (Lipinski definition) is 7. The fourth-order valence-corrected chi connectivity index (χ4v) is 3.67. The van der Waals surface area contributed by atoms with Crippen molar-refractivity contribution in [2.75, 3.05) is 16.0 Å². The third kappa shape index (κ3) is 5.73. The number of nitrogens with zero attached hydrogens (tertiary/aromatic N) is 1. The van der Waals surface area contributed by atoms with Crippen molar-refractivity contribution in [3.05, 3.63) is 78.3 Å². The van der Waals surface area contributed by atoms with Gasteiger partial charge in [0.15, 0.2) is 0 Å². The summed E-state index contributed by atoms with van der Waals surface area (Å²) in [4.78, 5) is 52.0. The molecule has 0 saturated carbocycles. The van der Waals surface area contributed by atoms with Crippen LogP contribution in [-0.4, -0.2) is 27.5 Å². The number of aliphatic carboxylic acids is 1. The molecule has 178 valence electrons. The van der Waals surface area contributed by atoms with Crippen molar-refractivity contribution < 1.29 is 14.7 Å². The van der Waals surface area contributed by atoms with Gasteiger partial charge < -0.3 is 21.1 Å². The predicted octanol–water partition coefficient (Wildman–Crippen LogP) is 4.08. The normalized spacial score (nSPS) is 12.3. The predicted molar refractivity (Wildman–Crippen MR) is 132 cm³/mol. The Morgan fingerprint density at radius 2 is 1.53 bits per heavy atom. The maximum atomic E-state index is 12.6. The number of nitrogens with one attached hydrogen (secondary N) is 3. The third-order valence-corrected chi connectivity index (χ3v) is 5.35. The number of amides is 1. The molecule has 9 nitrogen and oxygen atoms in total. The minimum atomic E-state index is -1.11. The van der Waals surface area contributed by atoms with Gasteiger partial charge in [-0.1, -0.05) is 35.3 Å². The Bertz CT molecular complexity index is 1290. The molecular formula is C23H22Cl2N4O5. The molecule has 1 unspecified atom stereocenters. The molecule has 0 aliphatic heterocycles. The first kappa shape index (κ1) is 25.2. The third-order valence-electron chi connectivity index (χ3n) is 4.77. The number of hydrogen-bond donors (Lipinski definition) is 4. The van der Waals surface area contributed by atoms with Gasteiger partial charge >= 0.3 is 5.97 Å². The lowest BCUT2D eigenvalue weighted by Crippen LogP contribution is -2.42. The lowest BCUT2D eigenvalue weighted by molar-refractivity contribution is -0.137. The summed E-state index contributed by atoms with van der Waals surface area (Å²) in [5.74, 6) is -1.59. The van der Waals surface area contributed by atoms with E-state index in [0.29, 0.717) is 5.56 Å². The maximum absolute atomic E-state index is 12.6. The monoisotopic (exact) mass is 504 g/mol. The van der Waals surface area contributed by atoms with E-state index < -0.39 is 34.3 Å². The van der Waals surface area contributed by atoms with Crippen molar-refractivity contribution in [1.82, 2.24) is 4.98 Å². The zero-order valence-electron chi connectivity index (χ0n) is 18.5. The second-order valence-electron chi connectivity index (χ2n) is 8.63. The lowest BCUT2D eigenvalue weighted by atomic mass is 10.00. The van der Waals surface area contributed by atoms with E-state index in [-0.39, 0.29) is 39.1 Å². The average Bonchev–Trinajstić information content (AvgIpc) is 2.76. The molecule has 1 amide bonds. The molecule has 0 bridgehead atoms. The van der Waals surface area contributed by atoms with E-state index in [2.05, 4.69) is 20.9 Å². The molecule has 1 aromatic heterocycles. The number of carbonyl (C=O) groups is 2. The van der Waals surface area contributed by atoms with Gasteiger partial charge in [0.2, 0.25) is 0 Å². The summed E-state index contributed by atoms with van der Waals surface area (Å²) in [7, 11) is 0. The fourth-order valence-electron chi connectivity index (χ4n) is 3.21. The quantitative estimate of drug-likeness (QED) is 0.336. The van der Waals surface area contributed by atoms with Gasteiger partial charge in [-0.15, -0.1) is 0 Å². The summed E-state index contributed by atoms with van der Waals surface area (Å²) in [6.07, 6.45) is 2.33. The average molecular weight is 505 g/mol. The van der Waals surface area contributed by atoms with Crippen LogP contribution in [0.3, 0.4) is 0 Å². The summed E-state index contributed by atoms with van der Waals surface area (Å²) >= 11 is 12.1. The molecule has 0 fully saturated rings. The molecule has 4 N–H and O–H groups in total. The Morgan fingerprint density at radius 3 is 2.06 bits per heavy atom. The van der Waals surface area contributed by atoms with Crippen molar-refractivity contribution >= 4 is 52.1 Å². The van der Waals surface area contributed by atoms with Crippen LogP contribution in [0.15, 0.2) is 46.2 Å². The van der Waals surface area contributed by atoms with Gasteiger partial charge in [-0.05, 0) is 38.5 Å². The first-order chi connectivity index (χ1) is 15.9. The van der Waals surface area contributed by atoms with Crippen LogP contribution in [0, 0.1) is 0 Å². The summed E-state index contributed by atoms with van der Waals surface area (Å²) in [6.45, 7) is 5.50. The van der Waals surface area contributed by atoms with Crippen LogP contribution in [0.4, 0.5) is 17.1 Å². The number of carboxylic acid groups (broad SMARTS) is 1. The zero-order valence-corrected chi connectivity index (χ0v) is 20.0. The number of rotatable bonds is 8. The van der Waals surface area contributed by atoms with Crippen molar-refractivity contribution in [2.45, 2.75) is 38.8 Å². The molecular weight excluding hydrogens is 483 g/mol. The number of carboxylic acids is 1. The summed E-state index contributed by atoms with van der Waals surface area (Å²) in [5, 5.41) is 18.2. The molecule has 3 aromatic rings. The van der Waals surface area contributed by atoms with E-state index in [1.807, 2.05) is 20.8 Å². The minimum absolute atomic E-state index is 0.0370. The fraction of sp³-hybridized carbons (Fsp3) is 0.261. The van der Waals surface area contributed by atoms with Gasteiger partial charge in [0.05, 0.1) is 28.2 Å². The van der Waals surface area contributed by atoms with E-state index in [0.717, 1.165) is 0 Å². The molecule has 3 rings (SSSR count). The molecule has 1 atom stereocenters. The van der Waals surface area contributed by atoms with Crippen LogP contribution in [0.1, 0.15) is 49.2 Å². The Balaban J connectivity index is 1.83. The van der Waals surface area contributed by atoms with E-state index in [9.17, 15) is 24.3 Å². The van der Waals surface area contributed by atoms with E-state index >= 15 is 0 Å². The van der Waals surface area contributed by atoms with E-state index in [1.54, 1.807) is 12.1 Å². The van der Waals surface area contributed by atoms with Crippen LogP contribution < -0.4 is 26.8 Å². The molecule has 2 aromatic carbocycles. The van der Waals surface area contributed by atoms with Gasteiger partial charge in [-0.25, -0.2) is 0 Å². The van der Waals surface area contributed by atoms with Crippen LogP contribution in [0.5, 0.6) is 0 Å². The van der Waals surface area contributed by atoms with Gasteiger partial charge in [-0.3, -0.25) is 24.2 Å². The molecule has 0 spiro atoms. The van der Waals surface area contributed by atoms with Gasteiger partial charge in [-0.2, -0.15) is 0 Å².